The molecule has 0 amide bonds. The molecule has 0 atom stereocenters. The summed E-state index contributed by atoms with van der Waals surface area (Å²) < 4.78 is 2.04. The highest BCUT2D eigenvalue weighted by atomic mass is 35.5. The van der Waals surface area contributed by atoms with Crippen molar-refractivity contribution < 1.29 is 0 Å². The molecule has 1 aromatic heterocycles. The Labute approximate surface area is 109 Å². The van der Waals surface area contributed by atoms with E-state index in [0.717, 1.165) is 30.8 Å². The predicted octanol–water partition coefficient (Wildman–Crippen LogP) is 2.96. The van der Waals surface area contributed by atoms with Gasteiger partial charge in [0.25, 0.3) is 0 Å². The predicted molar refractivity (Wildman–Crippen MR) is 69.4 cm³/mol. The first-order valence-electron chi connectivity index (χ1n) is 5.46. The molecule has 1 aliphatic heterocycles. The molecular weight excluding hydrogens is 257 g/mol. The summed E-state index contributed by atoms with van der Waals surface area (Å²) >= 11 is 12.0. The fourth-order valence-corrected chi connectivity index (χ4v) is 2.38. The van der Waals surface area contributed by atoms with Crippen molar-refractivity contribution in [3.8, 4) is 11.1 Å². The van der Waals surface area contributed by atoms with Crippen LogP contribution in [-0.4, -0.2) is 16.3 Å². The van der Waals surface area contributed by atoms with E-state index in [2.05, 4.69) is 10.4 Å². The van der Waals surface area contributed by atoms with Gasteiger partial charge in [-0.1, -0.05) is 29.3 Å². The second-order valence-electron chi connectivity index (χ2n) is 4.03. The Balaban J connectivity index is 2.09. The number of rotatable bonds is 1. The first-order chi connectivity index (χ1) is 8.25. The van der Waals surface area contributed by atoms with Crippen LogP contribution >= 0.6 is 23.2 Å². The molecule has 17 heavy (non-hydrogen) atoms. The summed E-state index contributed by atoms with van der Waals surface area (Å²) in [5.74, 6) is 0. The lowest BCUT2D eigenvalue weighted by atomic mass is 10.1. The molecule has 5 heteroatoms. The Bertz CT molecular complexity index is 563. The number of benzene rings is 1. The van der Waals surface area contributed by atoms with E-state index in [1.54, 1.807) is 0 Å². The minimum Gasteiger partial charge on any atom is -0.309 e. The fraction of sp³-hybridized carbons (Fsp3) is 0.250. The summed E-state index contributed by atoms with van der Waals surface area (Å²) in [5, 5.41) is 8.88. The highest BCUT2D eigenvalue weighted by Crippen LogP contribution is 2.30. The maximum absolute atomic E-state index is 6.04. The van der Waals surface area contributed by atoms with Crippen molar-refractivity contribution in [2.24, 2.45) is 0 Å². The lowest BCUT2D eigenvalue weighted by Gasteiger charge is -2.16. The molecule has 3 rings (SSSR count). The molecule has 1 N–H and O–H groups in total. The van der Waals surface area contributed by atoms with Gasteiger partial charge in [-0.15, -0.1) is 0 Å². The van der Waals surface area contributed by atoms with Gasteiger partial charge >= 0.3 is 0 Å². The van der Waals surface area contributed by atoms with Gasteiger partial charge in [0.15, 0.2) is 0 Å². The zero-order valence-electron chi connectivity index (χ0n) is 9.08. The number of hydrogen-bond acceptors (Lipinski definition) is 2. The van der Waals surface area contributed by atoms with Crippen molar-refractivity contribution in [3.63, 3.8) is 0 Å². The molecule has 1 aromatic carbocycles. The quantitative estimate of drug-likeness (QED) is 0.861. The van der Waals surface area contributed by atoms with E-state index in [1.165, 1.54) is 5.69 Å². The lowest BCUT2D eigenvalue weighted by molar-refractivity contribution is 0.476. The topological polar surface area (TPSA) is 29.9 Å². The highest BCUT2D eigenvalue weighted by molar-refractivity contribution is 6.42. The first-order valence-corrected chi connectivity index (χ1v) is 6.22. The SMILES string of the molecule is Clc1ccc(-c2cnn3c2CNCC3)cc1Cl. The summed E-state index contributed by atoms with van der Waals surface area (Å²) in [4.78, 5) is 0. The average Bonchev–Trinajstić information content (AvgIpc) is 2.76. The van der Waals surface area contributed by atoms with Crippen LogP contribution in [-0.2, 0) is 13.1 Å². The van der Waals surface area contributed by atoms with Crippen molar-refractivity contribution in [3.05, 3.63) is 40.1 Å². The van der Waals surface area contributed by atoms with Crippen molar-refractivity contribution in [1.29, 1.82) is 0 Å². The molecule has 0 saturated heterocycles. The van der Waals surface area contributed by atoms with Crippen LogP contribution in [0, 0.1) is 0 Å². The number of aromatic nitrogens is 2. The van der Waals surface area contributed by atoms with Crippen molar-refractivity contribution in [1.82, 2.24) is 15.1 Å². The fourth-order valence-electron chi connectivity index (χ4n) is 2.09. The maximum Gasteiger partial charge on any atom is 0.0601 e. The Hall–Kier alpha value is -1.03. The molecule has 0 bridgehead atoms. The molecule has 0 radical (unpaired) electrons. The molecule has 0 unspecified atom stereocenters. The Morgan fingerprint density at radius 1 is 1.24 bits per heavy atom. The largest absolute Gasteiger partial charge is 0.309 e. The Morgan fingerprint density at radius 2 is 2.12 bits per heavy atom. The number of fused-ring (bicyclic) bond motifs is 1. The van der Waals surface area contributed by atoms with Gasteiger partial charge in [-0.05, 0) is 17.7 Å². The van der Waals surface area contributed by atoms with Crippen LogP contribution in [0.1, 0.15) is 5.69 Å². The normalized spacial score (nSPS) is 14.7. The van der Waals surface area contributed by atoms with Crippen LogP contribution in [0.3, 0.4) is 0 Å². The van der Waals surface area contributed by atoms with E-state index in [4.69, 9.17) is 23.2 Å². The van der Waals surface area contributed by atoms with Crippen LogP contribution in [0.15, 0.2) is 24.4 Å². The van der Waals surface area contributed by atoms with Crippen molar-refractivity contribution >= 4 is 23.2 Å². The Morgan fingerprint density at radius 3 is 2.94 bits per heavy atom. The zero-order chi connectivity index (χ0) is 11.8. The van der Waals surface area contributed by atoms with E-state index < -0.39 is 0 Å². The second kappa shape index (κ2) is 4.33. The summed E-state index contributed by atoms with van der Waals surface area (Å²) in [7, 11) is 0. The third-order valence-corrected chi connectivity index (χ3v) is 3.71. The minimum absolute atomic E-state index is 0.577. The van der Waals surface area contributed by atoms with Gasteiger partial charge in [-0.2, -0.15) is 5.10 Å². The highest BCUT2D eigenvalue weighted by Gasteiger charge is 2.15. The molecule has 2 heterocycles. The molecule has 1 aliphatic rings. The van der Waals surface area contributed by atoms with Gasteiger partial charge in [0.1, 0.15) is 0 Å². The number of hydrogen-bond donors (Lipinski definition) is 1. The molecule has 3 nitrogen and oxygen atoms in total. The van der Waals surface area contributed by atoms with E-state index in [9.17, 15) is 0 Å². The van der Waals surface area contributed by atoms with Gasteiger partial charge in [0.2, 0.25) is 0 Å². The summed E-state index contributed by atoms with van der Waals surface area (Å²) in [6.45, 7) is 2.72. The third-order valence-electron chi connectivity index (χ3n) is 2.97. The third kappa shape index (κ3) is 1.95. The molecule has 0 spiro atoms. The van der Waals surface area contributed by atoms with Crippen LogP contribution in [0.4, 0.5) is 0 Å². The first kappa shape index (κ1) is 11.1. The average molecular weight is 268 g/mol. The van der Waals surface area contributed by atoms with Crippen molar-refractivity contribution in [2.45, 2.75) is 13.1 Å². The van der Waals surface area contributed by atoms with Gasteiger partial charge in [0, 0.05) is 18.7 Å². The van der Waals surface area contributed by atoms with E-state index >= 15 is 0 Å². The Kier molecular flexibility index (Phi) is 2.82. The standard InChI is InChI=1S/C12H11Cl2N3/c13-10-2-1-8(5-11(10)14)9-6-16-17-4-3-15-7-12(9)17/h1-2,5-6,15H,3-4,7H2. The van der Waals surface area contributed by atoms with Crippen molar-refractivity contribution in [2.75, 3.05) is 6.54 Å². The van der Waals surface area contributed by atoms with Crippen LogP contribution in [0.5, 0.6) is 0 Å². The summed E-state index contributed by atoms with van der Waals surface area (Å²) in [6.07, 6.45) is 1.89. The number of nitrogens with one attached hydrogen (secondary N) is 1. The van der Waals surface area contributed by atoms with Crippen LogP contribution in [0.25, 0.3) is 11.1 Å². The van der Waals surface area contributed by atoms with E-state index in [-0.39, 0.29) is 0 Å². The molecule has 0 saturated carbocycles. The van der Waals surface area contributed by atoms with Gasteiger partial charge < -0.3 is 5.32 Å². The summed E-state index contributed by atoms with van der Waals surface area (Å²) in [5.41, 5.74) is 3.38. The van der Waals surface area contributed by atoms with E-state index in [0.29, 0.717) is 10.0 Å². The van der Waals surface area contributed by atoms with Gasteiger partial charge in [-0.3, -0.25) is 4.68 Å². The monoisotopic (exact) mass is 267 g/mol. The van der Waals surface area contributed by atoms with Crippen LogP contribution < -0.4 is 5.32 Å². The minimum atomic E-state index is 0.577. The van der Waals surface area contributed by atoms with Gasteiger partial charge in [-0.25, -0.2) is 0 Å². The summed E-state index contributed by atoms with van der Waals surface area (Å²) in [6, 6.07) is 5.68. The smallest absolute Gasteiger partial charge is 0.0601 e. The zero-order valence-corrected chi connectivity index (χ0v) is 10.6. The number of halogens is 2. The van der Waals surface area contributed by atoms with Gasteiger partial charge in [0.05, 0.1) is 28.5 Å². The second-order valence-corrected chi connectivity index (χ2v) is 4.85. The number of nitrogens with zero attached hydrogens (tertiary/aromatic N) is 2. The van der Waals surface area contributed by atoms with Crippen LogP contribution in [0.2, 0.25) is 10.0 Å². The lowest BCUT2D eigenvalue weighted by Crippen LogP contribution is -2.28. The molecule has 0 fully saturated rings. The molecule has 2 aromatic rings. The molecule has 0 aliphatic carbocycles. The van der Waals surface area contributed by atoms with E-state index in [1.807, 2.05) is 29.1 Å². The maximum atomic E-state index is 6.04. The molecule has 88 valence electrons. The molecular formula is C12H11Cl2N3.